The smallest absolute Gasteiger partial charge is 0.191 e. The average molecular weight is 371 g/mol. The number of aryl methyl sites for hydroxylation is 2. The zero-order chi connectivity index (χ0) is 12.8. The second-order valence-electron chi connectivity index (χ2n) is 4.55. The average Bonchev–Trinajstić information content (AvgIpc) is 2.86. The number of aliphatic imine (C=N–C) groups is 1. The van der Waals surface area contributed by atoms with Gasteiger partial charge in [-0.1, -0.05) is 24.3 Å². The summed E-state index contributed by atoms with van der Waals surface area (Å²) in [5, 5.41) is 6.47. The van der Waals surface area contributed by atoms with Crippen LogP contribution in [0.1, 0.15) is 23.1 Å². The van der Waals surface area contributed by atoms with Gasteiger partial charge in [0.15, 0.2) is 5.96 Å². The van der Waals surface area contributed by atoms with Crippen LogP contribution in [0.25, 0.3) is 0 Å². The van der Waals surface area contributed by atoms with Gasteiger partial charge in [-0.3, -0.25) is 4.99 Å². The molecule has 1 aromatic carbocycles. The first-order valence-electron chi connectivity index (χ1n) is 6.49. The normalized spacial score (nSPS) is 13.4. The third kappa shape index (κ3) is 4.53. The zero-order valence-electron chi connectivity index (χ0n) is 11.4. The molecule has 0 spiro atoms. The van der Waals surface area contributed by atoms with Crippen LogP contribution >= 0.6 is 24.0 Å². The third-order valence-electron chi connectivity index (χ3n) is 3.26. The maximum atomic E-state index is 4.16. The van der Waals surface area contributed by atoms with Crippen molar-refractivity contribution >= 4 is 29.9 Å². The number of nitrogens with one attached hydrogen (secondary N) is 2. The lowest BCUT2D eigenvalue weighted by Gasteiger charge is -2.11. The monoisotopic (exact) mass is 371 g/mol. The predicted octanol–water partition coefficient (Wildman–Crippen LogP) is 2.64. The summed E-state index contributed by atoms with van der Waals surface area (Å²) in [7, 11) is 1.78. The molecule has 0 bridgehead atoms. The molecule has 3 nitrogen and oxygen atoms in total. The Morgan fingerprint density at radius 1 is 1.32 bits per heavy atom. The number of hydrogen-bond acceptors (Lipinski definition) is 1. The van der Waals surface area contributed by atoms with Gasteiger partial charge in [-0.25, -0.2) is 0 Å². The van der Waals surface area contributed by atoms with Crippen LogP contribution in [0.2, 0.25) is 0 Å². The van der Waals surface area contributed by atoms with Crippen LogP contribution < -0.4 is 10.6 Å². The first kappa shape index (κ1) is 16.0. The summed E-state index contributed by atoms with van der Waals surface area (Å²) in [4.78, 5) is 4.16. The van der Waals surface area contributed by atoms with Gasteiger partial charge in [-0.05, 0) is 36.0 Å². The largest absolute Gasteiger partial charge is 0.353 e. The van der Waals surface area contributed by atoms with E-state index in [1.807, 2.05) is 6.08 Å². The highest BCUT2D eigenvalue weighted by molar-refractivity contribution is 14.0. The molecule has 1 aromatic rings. The number of hydrogen-bond donors (Lipinski definition) is 2. The maximum absolute atomic E-state index is 4.16. The number of halogens is 1. The summed E-state index contributed by atoms with van der Waals surface area (Å²) in [6.45, 7) is 5.21. The van der Waals surface area contributed by atoms with Gasteiger partial charge in [0.25, 0.3) is 0 Å². The Morgan fingerprint density at radius 2 is 2.11 bits per heavy atom. The molecular weight excluding hydrogens is 349 g/mol. The fourth-order valence-electron chi connectivity index (χ4n) is 2.31. The third-order valence-corrected chi connectivity index (χ3v) is 3.26. The van der Waals surface area contributed by atoms with Crippen LogP contribution in [0.15, 0.2) is 35.8 Å². The van der Waals surface area contributed by atoms with E-state index in [4.69, 9.17) is 0 Å². The van der Waals surface area contributed by atoms with Gasteiger partial charge in [0, 0.05) is 20.1 Å². The molecule has 0 saturated carbocycles. The Hall–Kier alpha value is -1.04. The van der Waals surface area contributed by atoms with Crippen LogP contribution in [0.5, 0.6) is 0 Å². The zero-order valence-corrected chi connectivity index (χ0v) is 13.7. The first-order chi connectivity index (χ1) is 8.83. The Kier molecular flexibility index (Phi) is 6.91. The molecule has 0 unspecified atom stereocenters. The van der Waals surface area contributed by atoms with Crippen molar-refractivity contribution in [2.75, 3.05) is 13.6 Å². The van der Waals surface area contributed by atoms with E-state index in [1.54, 1.807) is 7.05 Å². The van der Waals surface area contributed by atoms with Crippen molar-refractivity contribution in [3.8, 4) is 0 Å². The SMILES string of the molecule is C=CCNC(=NC)NCc1ccc2c(c1)CCC2.I. The highest BCUT2D eigenvalue weighted by atomic mass is 127. The minimum atomic E-state index is 0. The molecule has 0 aromatic heterocycles. The van der Waals surface area contributed by atoms with Gasteiger partial charge in [0.1, 0.15) is 0 Å². The molecule has 104 valence electrons. The van der Waals surface area contributed by atoms with Crippen molar-refractivity contribution in [2.24, 2.45) is 4.99 Å². The Balaban J connectivity index is 0.00000180. The van der Waals surface area contributed by atoms with E-state index in [0.717, 1.165) is 19.0 Å². The van der Waals surface area contributed by atoms with Crippen LogP contribution in [0.4, 0.5) is 0 Å². The van der Waals surface area contributed by atoms with E-state index in [9.17, 15) is 0 Å². The van der Waals surface area contributed by atoms with E-state index < -0.39 is 0 Å². The highest BCUT2D eigenvalue weighted by Gasteiger charge is 2.10. The molecule has 0 atom stereocenters. The van der Waals surface area contributed by atoms with E-state index >= 15 is 0 Å². The Labute approximate surface area is 132 Å². The molecule has 2 rings (SSSR count). The molecule has 0 fully saturated rings. The molecule has 4 heteroatoms. The summed E-state index contributed by atoms with van der Waals surface area (Å²) >= 11 is 0. The van der Waals surface area contributed by atoms with Crippen molar-refractivity contribution in [1.29, 1.82) is 0 Å². The van der Waals surface area contributed by atoms with E-state index in [1.165, 1.54) is 36.0 Å². The number of benzene rings is 1. The van der Waals surface area contributed by atoms with E-state index in [2.05, 4.69) is 40.4 Å². The molecular formula is C15H22IN3. The summed E-state index contributed by atoms with van der Waals surface area (Å²) in [6.07, 6.45) is 5.59. The molecule has 0 radical (unpaired) electrons. The lowest BCUT2D eigenvalue weighted by atomic mass is 10.1. The lowest BCUT2D eigenvalue weighted by Crippen LogP contribution is -2.36. The van der Waals surface area contributed by atoms with Gasteiger partial charge in [0.05, 0.1) is 0 Å². The predicted molar refractivity (Wildman–Crippen MR) is 92.3 cm³/mol. The van der Waals surface area contributed by atoms with Gasteiger partial charge < -0.3 is 10.6 Å². The molecule has 1 aliphatic carbocycles. The highest BCUT2D eigenvalue weighted by Crippen LogP contribution is 2.22. The second-order valence-corrected chi connectivity index (χ2v) is 4.55. The molecule has 0 amide bonds. The minimum absolute atomic E-state index is 0. The van der Waals surface area contributed by atoms with Crippen LogP contribution in [0, 0.1) is 0 Å². The summed E-state index contributed by atoms with van der Waals surface area (Å²) in [5.41, 5.74) is 4.36. The second kappa shape index (κ2) is 8.19. The molecule has 0 heterocycles. The summed E-state index contributed by atoms with van der Waals surface area (Å²) in [5.74, 6) is 0.815. The van der Waals surface area contributed by atoms with Crippen molar-refractivity contribution in [3.05, 3.63) is 47.5 Å². The van der Waals surface area contributed by atoms with Crippen molar-refractivity contribution in [2.45, 2.75) is 25.8 Å². The molecule has 0 aliphatic heterocycles. The fourth-order valence-corrected chi connectivity index (χ4v) is 2.31. The van der Waals surface area contributed by atoms with E-state index in [-0.39, 0.29) is 24.0 Å². The van der Waals surface area contributed by atoms with Crippen molar-refractivity contribution in [3.63, 3.8) is 0 Å². The lowest BCUT2D eigenvalue weighted by molar-refractivity contribution is 0.845. The van der Waals surface area contributed by atoms with Gasteiger partial charge in [-0.15, -0.1) is 30.6 Å². The Morgan fingerprint density at radius 3 is 2.84 bits per heavy atom. The number of nitrogens with zero attached hydrogens (tertiary/aromatic N) is 1. The first-order valence-corrected chi connectivity index (χ1v) is 6.49. The van der Waals surface area contributed by atoms with Crippen LogP contribution in [0.3, 0.4) is 0 Å². The van der Waals surface area contributed by atoms with E-state index in [0.29, 0.717) is 0 Å². The van der Waals surface area contributed by atoms with Crippen LogP contribution in [-0.4, -0.2) is 19.6 Å². The fraction of sp³-hybridized carbons (Fsp3) is 0.400. The van der Waals surface area contributed by atoms with Gasteiger partial charge in [-0.2, -0.15) is 0 Å². The van der Waals surface area contributed by atoms with Gasteiger partial charge >= 0.3 is 0 Å². The van der Waals surface area contributed by atoms with Gasteiger partial charge in [0.2, 0.25) is 0 Å². The number of fused-ring (bicyclic) bond motifs is 1. The molecule has 2 N–H and O–H groups in total. The summed E-state index contributed by atoms with van der Waals surface area (Å²) < 4.78 is 0. The van der Waals surface area contributed by atoms with Crippen LogP contribution in [-0.2, 0) is 19.4 Å². The standard InChI is InChI=1S/C15H21N3.HI/c1-3-9-17-15(16-2)18-11-12-7-8-13-5-4-6-14(13)10-12;/h3,7-8,10H,1,4-6,9,11H2,2H3,(H2,16,17,18);1H. The minimum Gasteiger partial charge on any atom is -0.353 e. The van der Waals surface area contributed by atoms with Crippen molar-refractivity contribution in [1.82, 2.24) is 10.6 Å². The number of guanidine groups is 1. The molecule has 1 aliphatic rings. The molecule has 19 heavy (non-hydrogen) atoms. The molecule has 0 saturated heterocycles. The topological polar surface area (TPSA) is 36.4 Å². The maximum Gasteiger partial charge on any atom is 0.191 e. The quantitative estimate of drug-likeness (QED) is 0.370. The summed E-state index contributed by atoms with van der Waals surface area (Å²) in [6, 6.07) is 6.79. The Bertz CT molecular complexity index is 455. The number of rotatable bonds is 4. The van der Waals surface area contributed by atoms with Crippen molar-refractivity contribution < 1.29 is 0 Å².